The topological polar surface area (TPSA) is 66.5 Å². The number of benzene rings is 3. The third-order valence-electron chi connectivity index (χ3n) is 4.81. The largest absolute Gasteiger partial charge is 0.326 e. The Labute approximate surface area is 189 Å². The molecule has 0 radical (unpaired) electrons. The first kappa shape index (κ1) is 21.2. The van der Waals surface area contributed by atoms with Crippen LogP contribution in [0.2, 0.25) is 5.02 Å². The molecule has 1 N–H and O–H groups in total. The minimum Gasteiger partial charge on any atom is -0.326 e. The SMILES string of the molecule is O=C(Cc1ccc(Cl)cc1)Nc1ccc(S[C@@H]2CC(=O)N(c3ccccc3)C2=O)cc1. The number of halogens is 1. The Balaban J connectivity index is 1.35. The van der Waals surface area contributed by atoms with Crippen LogP contribution < -0.4 is 10.2 Å². The second kappa shape index (κ2) is 9.37. The summed E-state index contributed by atoms with van der Waals surface area (Å²) in [6.07, 6.45) is 0.416. The second-order valence-electron chi connectivity index (χ2n) is 7.09. The summed E-state index contributed by atoms with van der Waals surface area (Å²) in [7, 11) is 0. The van der Waals surface area contributed by atoms with Crippen LogP contribution in [0.5, 0.6) is 0 Å². The number of hydrogen-bond acceptors (Lipinski definition) is 4. The van der Waals surface area contributed by atoms with E-state index in [1.807, 2.05) is 30.3 Å². The first-order valence-electron chi connectivity index (χ1n) is 9.72. The number of hydrogen-bond donors (Lipinski definition) is 1. The fraction of sp³-hybridized carbons (Fsp3) is 0.125. The molecule has 3 aromatic carbocycles. The Morgan fingerprint density at radius 2 is 1.65 bits per heavy atom. The Hall–Kier alpha value is -3.09. The van der Waals surface area contributed by atoms with Crippen molar-refractivity contribution in [2.24, 2.45) is 0 Å². The monoisotopic (exact) mass is 450 g/mol. The average Bonchev–Trinajstić information content (AvgIpc) is 3.04. The highest BCUT2D eigenvalue weighted by molar-refractivity contribution is 8.00. The number of para-hydroxylation sites is 1. The zero-order valence-electron chi connectivity index (χ0n) is 16.5. The van der Waals surface area contributed by atoms with E-state index in [1.165, 1.54) is 16.7 Å². The molecule has 0 saturated carbocycles. The standard InChI is InChI=1S/C24H19ClN2O3S/c25-17-8-6-16(7-9-17)14-22(28)26-18-10-12-20(13-11-18)31-21-15-23(29)27(24(21)30)19-4-2-1-3-5-19/h1-13,21H,14-15H2,(H,26,28)/t21-/m1/s1. The molecule has 1 heterocycles. The van der Waals surface area contributed by atoms with Crippen LogP contribution in [-0.4, -0.2) is 23.0 Å². The zero-order chi connectivity index (χ0) is 21.8. The summed E-state index contributed by atoms with van der Waals surface area (Å²) >= 11 is 7.22. The van der Waals surface area contributed by atoms with Crippen molar-refractivity contribution in [3.8, 4) is 0 Å². The number of carbonyl (C=O) groups is 3. The van der Waals surface area contributed by atoms with Crippen LogP contribution in [0.4, 0.5) is 11.4 Å². The number of amides is 3. The summed E-state index contributed by atoms with van der Waals surface area (Å²) < 4.78 is 0. The molecule has 1 fully saturated rings. The van der Waals surface area contributed by atoms with Gasteiger partial charge in [-0.15, -0.1) is 11.8 Å². The Bertz CT molecular complexity index is 1100. The van der Waals surface area contributed by atoms with Crippen molar-refractivity contribution in [1.29, 1.82) is 0 Å². The predicted octanol–water partition coefficient (Wildman–Crippen LogP) is 4.95. The molecule has 7 heteroatoms. The second-order valence-corrected chi connectivity index (χ2v) is 8.80. The van der Waals surface area contributed by atoms with Gasteiger partial charge in [0, 0.05) is 22.0 Å². The van der Waals surface area contributed by atoms with Crippen LogP contribution in [0.25, 0.3) is 0 Å². The summed E-state index contributed by atoms with van der Waals surface area (Å²) in [4.78, 5) is 39.5. The molecule has 1 atom stereocenters. The van der Waals surface area contributed by atoms with Gasteiger partial charge in [0.25, 0.3) is 0 Å². The summed E-state index contributed by atoms with van der Waals surface area (Å²) in [6.45, 7) is 0. The molecule has 1 aliphatic heterocycles. The van der Waals surface area contributed by atoms with Gasteiger partial charge in [-0.05, 0) is 54.1 Å². The highest BCUT2D eigenvalue weighted by atomic mass is 35.5. The molecule has 31 heavy (non-hydrogen) atoms. The van der Waals surface area contributed by atoms with Crippen molar-refractivity contribution >= 4 is 52.5 Å². The normalized spacial score (nSPS) is 15.9. The molecule has 1 aliphatic rings. The third-order valence-corrected chi connectivity index (χ3v) is 6.26. The first-order valence-corrected chi connectivity index (χ1v) is 11.0. The molecule has 1 saturated heterocycles. The number of nitrogens with one attached hydrogen (secondary N) is 1. The van der Waals surface area contributed by atoms with E-state index in [0.29, 0.717) is 16.4 Å². The number of imide groups is 1. The van der Waals surface area contributed by atoms with E-state index in [-0.39, 0.29) is 30.6 Å². The summed E-state index contributed by atoms with van der Waals surface area (Å²) in [5, 5.41) is 3.03. The molecular weight excluding hydrogens is 432 g/mol. The molecule has 0 aliphatic carbocycles. The van der Waals surface area contributed by atoms with Gasteiger partial charge in [0.15, 0.2) is 0 Å². The minimum atomic E-state index is -0.460. The van der Waals surface area contributed by atoms with Gasteiger partial charge in [0.2, 0.25) is 17.7 Å². The molecule has 3 aromatic rings. The lowest BCUT2D eigenvalue weighted by molar-refractivity contribution is -0.121. The van der Waals surface area contributed by atoms with Gasteiger partial charge >= 0.3 is 0 Å². The van der Waals surface area contributed by atoms with Crippen LogP contribution in [0.1, 0.15) is 12.0 Å². The van der Waals surface area contributed by atoms with Crippen LogP contribution in [0.3, 0.4) is 0 Å². The van der Waals surface area contributed by atoms with Gasteiger partial charge in [0.05, 0.1) is 17.4 Å². The maximum Gasteiger partial charge on any atom is 0.247 e. The van der Waals surface area contributed by atoms with Gasteiger partial charge in [0.1, 0.15) is 0 Å². The minimum absolute atomic E-state index is 0.127. The van der Waals surface area contributed by atoms with Crippen LogP contribution in [-0.2, 0) is 20.8 Å². The lowest BCUT2D eigenvalue weighted by Gasteiger charge is -2.14. The summed E-state index contributed by atoms with van der Waals surface area (Å²) in [5.74, 6) is -0.529. The van der Waals surface area contributed by atoms with E-state index in [2.05, 4.69) is 5.32 Å². The number of rotatable bonds is 6. The molecule has 5 nitrogen and oxygen atoms in total. The molecule has 0 bridgehead atoms. The molecule has 0 spiro atoms. The maximum atomic E-state index is 12.7. The Kier molecular flexibility index (Phi) is 6.39. The van der Waals surface area contributed by atoms with Gasteiger partial charge in [-0.3, -0.25) is 14.4 Å². The maximum absolute atomic E-state index is 12.7. The lowest BCUT2D eigenvalue weighted by atomic mass is 10.1. The molecule has 0 aromatic heterocycles. The number of carbonyl (C=O) groups excluding carboxylic acids is 3. The van der Waals surface area contributed by atoms with Crippen LogP contribution >= 0.6 is 23.4 Å². The van der Waals surface area contributed by atoms with E-state index >= 15 is 0 Å². The fourth-order valence-electron chi connectivity index (χ4n) is 3.32. The highest BCUT2D eigenvalue weighted by Gasteiger charge is 2.40. The van der Waals surface area contributed by atoms with Gasteiger partial charge < -0.3 is 5.32 Å². The average molecular weight is 451 g/mol. The van der Waals surface area contributed by atoms with E-state index < -0.39 is 5.25 Å². The van der Waals surface area contributed by atoms with Gasteiger partial charge in [-0.2, -0.15) is 0 Å². The van der Waals surface area contributed by atoms with Crippen molar-refractivity contribution < 1.29 is 14.4 Å². The smallest absolute Gasteiger partial charge is 0.247 e. The number of anilines is 2. The third kappa shape index (κ3) is 5.16. The number of thioether (sulfide) groups is 1. The van der Waals surface area contributed by atoms with Gasteiger partial charge in [-0.1, -0.05) is 41.9 Å². The van der Waals surface area contributed by atoms with Crippen molar-refractivity contribution in [1.82, 2.24) is 0 Å². The quantitative estimate of drug-likeness (QED) is 0.540. The van der Waals surface area contributed by atoms with E-state index in [4.69, 9.17) is 11.6 Å². The Morgan fingerprint density at radius 1 is 0.968 bits per heavy atom. The van der Waals surface area contributed by atoms with Crippen molar-refractivity contribution in [3.63, 3.8) is 0 Å². The summed E-state index contributed by atoms with van der Waals surface area (Å²) in [5.41, 5.74) is 2.14. The number of nitrogens with zero attached hydrogens (tertiary/aromatic N) is 1. The van der Waals surface area contributed by atoms with E-state index in [9.17, 15) is 14.4 Å². The van der Waals surface area contributed by atoms with Crippen molar-refractivity contribution in [2.45, 2.75) is 23.0 Å². The zero-order valence-corrected chi connectivity index (χ0v) is 18.0. The molecule has 0 unspecified atom stereocenters. The molecule has 156 valence electrons. The Morgan fingerprint density at radius 3 is 2.32 bits per heavy atom. The van der Waals surface area contributed by atoms with Crippen LogP contribution in [0.15, 0.2) is 83.8 Å². The lowest BCUT2D eigenvalue weighted by Crippen LogP contribution is -2.30. The van der Waals surface area contributed by atoms with E-state index in [1.54, 1.807) is 48.5 Å². The molecular formula is C24H19ClN2O3S. The predicted molar refractivity (Wildman–Crippen MR) is 123 cm³/mol. The highest BCUT2D eigenvalue weighted by Crippen LogP contribution is 2.34. The van der Waals surface area contributed by atoms with Crippen molar-refractivity contribution in [3.05, 3.63) is 89.4 Å². The first-order chi connectivity index (χ1) is 15.0. The summed E-state index contributed by atoms with van der Waals surface area (Å²) in [6, 6.07) is 23.4. The van der Waals surface area contributed by atoms with E-state index in [0.717, 1.165) is 10.5 Å². The molecule has 3 amide bonds. The van der Waals surface area contributed by atoms with Crippen LogP contribution in [0, 0.1) is 0 Å². The van der Waals surface area contributed by atoms with Gasteiger partial charge in [-0.25, -0.2) is 4.90 Å². The molecule has 4 rings (SSSR count). The van der Waals surface area contributed by atoms with Crippen molar-refractivity contribution in [2.75, 3.05) is 10.2 Å². The fourth-order valence-corrected chi connectivity index (χ4v) is 4.50.